The van der Waals surface area contributed by atoms with Gasteiger partial charge in [-0.25, -0.2) is 0 Å². The maximum absolute atomic E-state index is 11.2. The number of likely N-dealkylation sites (N-methyl/N-ethyl adjacent to an activating group) is 1. The smallest absolute Gasteiger partial charge is 0.236 e. The van der Waals surface area contributed by atoms with Crippen LogP contribution < -0.4 is 5.73 Å². The fraction of sp³-hybridized carbons (Fsp3) is 0.300. The fourth-order valence-corrected chi connectivity index (χ4v) is 1.54. The average molecular weight is 257 g/mol. The van der Waals surface area contributed by atoms with Gasteiger partial charge in [-0.15, -0.1) is 0 Å². The van der Waals surface area contributed by atoms with Crippen LogP contribution in [0.5, 0.6) is 0 Å². The van der Waals surface area contributed by atoms with Gasteiger partial charge in [0.15, 0.2) is 0 Å². The van der Waals surface area contributed by atoms with E-state index < -0.39 is 0 Å². The van der Waals surface area contributed by atoms with Crippen LogP contribution >= 0.6 is 15.9 Å². The number of halogens is 1. The van der Waals surface area contributed by atoms with Crippen molar-refractivity contribution in [2.75, 3.05) is 13.6 Å². The second kappa shape index (κ2) is 5.12. The van der Waals surface area contributed by atoms with Crippen molar-refractivity contribution in [3.8, 4) is 0 Å². The second-order valence-electron chi connectivity index (χ2n) is 3.05. The van der Waals surface area contributed by atoms with E-state index in [0.717, 1.165) is 10.0 Å². The minimum absolute atomic E-state index is 0.0549. The number of hydrogen-bond acceptors (Lipinski definition) is 2. The van der Waals surface area contributed by atoms with Crippen molar-refractivity contribution in [3.63, 3.8) is 0 Å². The maximum atomic E-state index is 11.2. The van der Waals surface area contributed by atoms with Gasteiger partial charge in [0.2, 0.25) is 5.91 Å². The molecule has 0 heterocycles. The largest absolute Gasteiger partial charge is 0.340 e. The number of carbonyl (C=O) groups is 1. The van der Waals surface area contributed by atoms with Crippen molar-refractivity contribution >= 4 is 21.8 Å². The molecule has 0 unspecified atom stereocenters. The fourth-order valence-electron chi connectivity index (χ4n) is 1.13. The van der Waals surface area contributed by atoms with E-state index in [0.29, 0.717) is 6.54 Å². The predicted molar refractivity (Wildman–Crippen MR) is 59.7 cm³/mol. The second-order valence-corrected chi connectivity index (χ2v) is 3.90. The molecule has 0 atom stereocenters. The third kappa shape index (κ3) is 2.82. The summed E-state index contributed by atoms with van der Waals surface area (Å²) >= 11 is 3.43. The highest BCUT2D eigenvalue weighted by molar-refractivity contribution is 9.10. The molecule has 0 saturated carbocycles. The molecule has 1 aromatic carbocycles. The highest BCUT2D eigenvalue weighted by Gasteiger charge is 2.07. The summed E-state index contributed by atoms with van der Waals surface area (Å²) in [6.07, 6.45) is 0. The summed E-state index contributed by atoms with van der Waals surface area (Å²) in [5, 5.41) is 0. The van der Waals surface area contributed by atoms with Crippen LogP contribution in [0.15, 0.2) is 28.7 Å². The number of amides is 1. The average Bonchev–Trinajstić information content (AvgIpc) is 2.20. The summed E-state index contributed by atoms with van der Waals surface area (Å²) in [6, 6.07) is 7.82. The Morgan fingerprint density at radius 1 is 1.50 bits per heavy atom. The van der Waals surface area contributed by atoms with Gasteiger partial charge < -0.3 is 10.6 Å². The van der Waals surface area contributed by atoms with Gasteiger partial charge in [-0.1, -0.05) is 34.1 Å². The van der Waals surface area contributed by atoms with E-state index in [1.54, 1.807) is 11.9 Å². The minimum Gasteiger partial charge on any atom is -0.340 e. The zero-order valence-corrected chi connectivity index (χ0v) is 9.62. The number of carbonyl (C=O) groups excluding carboxylic acids is 1. The molecular formula is C10H13BrN2O. The topological polar surface area (TPSA) is 46.3 Å². The zero-order valence-electron chi connectivity index (χ0n) is 8.03. The quantitative estimate of drug-likeness (QED) is 0.888. The SMILES string of the molecule is CN(Cc1ccccc1Br)C(=O)CN. The van der Waals surface area contributed by atoms with Crippen molar-refractivity contribution in [3.05, 3.63) is 34.3 Å². The zero-order chi connectivity index (χ0) is 10.6. The predicted octanol–water partition coefficient (Wildman–Crippen LogP) is 1.37. The van der Waals surface area contributed by atoms with Crippen molar-refractivity contribution < 1.29 is 4.79 Å². The molecule has 0 aliphatic heterocycles. The van der Waals surface area contributed by atoms with Gasteiger partial charge in [0.25, 0.3) is 0 Å². The maximum Gasteiger partial charge on any atom is 0.236 e. The number of rotatable bonds is 3. The molecule has 3 nitrogen and oxygen atoms in total. The van der Waals surface area contributed by atoms with E-state index in [4.69, 9.17) is 5.73 Å². The lowest BCUT2D eigenvalue weighted by molar-refractivity contribution is -0.128. The lowest BCUT2D eigenvalue weighted by atomic mass is 10.2. The van der Waals surface area contributed by atoms with Crippen LogP contribution in [-0.2, 0) is 11.3 Å². The first kappa shape index (κ1) is 11.2. The molecule has 0 radical (unpaired) electrons. The Balaban J connectivity index is 2.69. The van der Waals surface area contributed by atoms with Crippen LogP contribution in [0.25, 0.3) is 0 Å². The number of nitrogens with two attached hydrogens (primary N) is 1. The molecule has 0 aromatic heterocycles. The van der Waals surface area contributed by atoms with E-state index in [1.807, 2.05) is 24.3 Å². The van der Waals surface area contributed by atoms with E-state index in [1.165, 1.54) is 0 Å². The lowest BCUT2D eigenvalue weighted by Crippen LogP contribution is -2.32. The Morgan fingerprint density at radius 2 is 2.14 bits per heavy atom. The van der Waals surface area contributed by atoms with Gasteiger partial charge in [0.1, 0.15) is 0 Å². The van der Waals surface area contributed by atoms with Gasteiger partial charge in [-0.3, -0.25) is 4.79 Å². The van der Waals surface area contributed by atoms with Crippen LogP contribution in [0.4, 0.5) is 0 Å². The van der Waals surface area contributed by atoms with Gasteiger partial charge in [0, 0.05) is 18.1 Å². The third-order valence-electron chi connectivity index (χ3n) is 1.97. The highest BCUT2D eigenvalue weighted by Crippen LogP contribution is 2.17. The first-order valence-corrected chi connectivity index (χ1v) is 5.12. The van der Waals surface area contributed by atoms with Crippen molar-refractivity contribution in [2.45, 2.75) is 6.54 Å². The Bertz CT molecular complexity index is 328. The van der Waals surface area contributed by atoms with Crippen molar-refractivity contribution in [1.29, 1.82) is 0 Å². The molecule has 0 aliphatic carbocycles. The minimum atomic E-state index is -0.0549. The van der Waals surface area contributed by atoms with Crippen LogP contribution in [0.1, 0.15) is 5.56 Å². The van der Waals surface area contributed by atoms with E-state index in [2.05, 4.69) is 15.9 Å². The van der Waals surface area contributed by atoms with Gasteiger partial charge in [0.05, 0.1) is 6.54 Å². The Kier molecular flexibility index (Phi) is 4.10. The summed E-state index contributed by atoms with van der Waals surface area (Å²) in [7, 11) is 1.74. The molecular weight excluding hydrogens is 244 g/mol. The monoisotopic (exact) mass is 256 g/mol. The number of hydrogen-bond donors (Lipinski definition) is 1. The summed E-state index contributed by atoms with van der Waals surface area (Å²) in [5.41, 5.74) is 6.34. The van der Waals surface area contributed by atoms with Crippen molar-refractivity contribution in [2.24, 2.45) is 5.73 Å². The Labute approximate surface area is 92.0 Å². The van der Waals surface area contributed by atoms with Crippen LogP contribution in [0, 0.1) is 0 Å². The number of nitrogens with zero attached hydrogens (tertiary/aromatic N) is 1. The Hall–Kier alpha value is -0.870. The number of benzene rings is 1. The molecule has 0 saturated heterocycles. The van der Waals surface area contributed by atoms with E-state index in [9.17, 15) is 4.79 Å². The highest BCUT2D eigenvalue weighted by atomic mass is 79.9. The standard InChI is InChI=1S/C10H13BrN2O/c1-13(10(14)6-12)7-8-4-2-3-5-9(8)11/h2-5H,6-7,12H2,1H3. The van der Waals surface area contributed by atoms with Crippen LogP contribution in [0.2, 0.25) is 0 Å². The van der Waals surface area contributed by atoms with Gasteiger partial charge in [-0.2, -0.15) is 0 Å². The molecule has 1 aromatic rings. The molecule has 0 fully saturated rings. The van der Waals surface area contributed by atoms with Crippen LogP contribution in [0.3, 0.4) is 0 Å². The lowest BCUT2D eigenvalue weighted by Gasteiger charge is -2.16. The third-order valence-corrected chi connectivity index (χ3v) is 2.74. The summed E-state index contributed by atoms with van der Waals surface area (Å²) < 4.78 is 1.01. The van der Waals surface area contributed by atoms with E-state index >= 15 is 0 Å². The molecule has 1 amide bonds. The Morgan fingerprint density at radius 3 is 2.71 bits per heavy atom. The van der Waals surface area contributed by atoms with Crippen LogP contribution in [-0.4, -0.2) is 24.4 Å². The molecule has 1 rings (SSSR count). The van der Waals surface area contributed by atoms with Gasteiger partial charge >= 0.3 is 0 Å². The molecule has 2 N–H and O–H groups in total. The van der Waals surface area contributed by atoms with Crippen molar-refractivity contribution in [1.82, 2.24) is 4.90 Å². The first-order valence-electron chi connectivity index (χ1n) is 4.32. The summed E-state index contributed by atoms with van der Waals surface area (Å²) in [6.45, 7) is 0.637. The molecule has 76 valence electrons. The molecule has 4 heteroatoms. The molecule has 0 bridgehead atoms. The first-order chi connectivity index (χ1) is 6.65. The van der Waals surface area contributed by atoms with Gasteiger partial charge in [-0.05, 0) is 11.6 Å². The van der Waals surface area contributed by atoms with E-state index in [-0.39, 0.29) is 12.5 Å². The summed E-state index contributed by atoms with van der Waals surface area (Å²) in [4.78, 5) is 12.8. The normalized spacial score (nSPS) is 9.93. The molecule has 14 heavy (non-hydrogen) atoms. The summed E-state index contributed by atoms with van der Waals surface area (Å²) in [5.74, 6) is -0.0549. The molecule has 0 aliphatic rings. The molecule has 0 spiro atoms.